The SMILES string of the molecule is Cl.Cl.Cl.NCCCN1c2ccc(N3CCCC3)cc2Sc2cc(N3CCN(CCN)CC3)ccc21. The Morgan fingerprint density at radius 2 is 1.20 bits per heavy atom. The van der Waals surface area contributed by atoms with Crippen molar-refractivity contribution in [3.05, 3.63) is 36.4 Å². The summed E-state index contributed by atoms with van der Waals surface area (Å²) in [5, 5.41) is 0. The second kappa shape index (κ2) is 14.0. The summed E-state index contributed by atoms with van der Waals surface area (Å²) in [5.41, 5.74) is 17.0. The predicted octanol–water partition coefficient (Wildman–Crippen LogP) is 4.58. The van der Waals surface area contributed by atoms with Crippen molar-refractivity contribution >= 4 is 71.7 Å². The monoisotopic (exact) mass is 560 g/mol. The number of benzene rings is 2. The van der Waals surface area contributed by atoms with E-state index in [-0.39, 0.29) is 37.2 Å². The fourth-order valence-electron chi connectivity index (χ4n) is 5.13. The standard InChI is InChI=1S/C25H36N6S.3ClH/c26-8-3-12-31-22-6-4-20(29-10-1-2-11-29)18-24(22)32-25-19-21(5-7-23(25)31)30-16-14-28(13-9-27)15-17-30;;;/h4-7,18-19H,1-3,8-17,26-27H2;3*1H. The van der Waals surface area contributed by atoms with E-state index in [1.54, 1.807) is 0 Å². The zero-order valence-electron chi connectivity index (χ0n) is 20.2. The van der Waals surface area contributed by atoms with E-state index in [4.69, 9.17) is 11.5 Å². The molecule has 3 aliphatic heterocycles. The summed E-state index contributed by atoms with van der Waals surface area (Å²) in [6, 6.07) is 14.1. The van der Waals surface area contributed by atoms with Gasteiger partial charge in [-0.2, -0.15) is 0 Å². The van der Waals surface area contributed by atoms with E-state index in [0.29, 0.717) is 6.54 Å². The molecule has 0 aliphatic carbocycles. The van der Waals surface area contributed by atoms with E-state index in [2.05, 4.69) is 56.0 Å². The molecule has 0 saturated carbocycles. The number of piperazine rings is 1. The summed E-state index contributed by atoms with van der Waals surface area (Å²) in [6.07, 6.45) is 3.59. The van der Waals surface area contributed by atoms with E-state index in [9.17, 15) is 0 Å². The number of rotatable bonds is 7. The molecular weight excluding hydrogens is 523 g/mol. The number of nitrogens with zero attached hydrogens (tertiary/aromatic N) is 4. The van der Waals surface area contributed by atoms with Crippen molar-refractivity contribution in [3.63, 3.8) is 0 Å². The van der Waals surface area contributed by atoms with Crippen LogP contribution in [0.2, 0.25) is 0 Å². The highest BCUT2D eigenvalue weighted by Crippen LogP contribution is 2.50. The van der Waals surface area contributed by atoms with E-state index in [1.807, 2.05) is 11.8 Å². The molecule has 5 rings (SSSR count). The van der Waals surface area contributed by atoms with Crippen LogP contribution in [0.25, 0.3) is 0 Å². The molecule has 3 aliphatic rings. The van der Waals surface area contributed by atoms with E-state index < -0.39 is 0 Å². The zero-order chi connectivity index (χ0) is 21.9. The molecule has 0 spiro atoms. The maximum Gasteiger partial charge on any atom is 0.0554 e. The molecule has 6 nitrogen and oxygen atoms in total. The summed E-state index contributed by atoms with van der Waals surface area (Å²) in [7, 11) is 0. The lowest BCUT2D eigenvalue weighted by molar-refractivity contribution is 0.265. The van der Waals surface area contributed by atoms with Gasteiger partial charge >= 0.3 is 0 Å². The van der Waals surface area contributed by atoms with Gasteiger partial charge in [-0.15, -0.1) is 37.2 Å². The molecule has 2 aromatic carbocycles. The lowest BCUT2D eigenvalue weighted by Gasteiger charge is -2.37. The smallest absolute Gasteiger partial charge is 0.0554 e. The van der Waals surface area contributed by atoms with Crippen LogP contribution in [0.1, 0.15) is 19.3 Å². The van der Waals surface area contributed by atoms with Gasteiger partial charge in [0.1, 0.15) is 0 Å². The fourth-order valence-corrected chi connectivity index (χ4v) is 6.30. The van der Waals surface area contributed by atoms with Crippen LogP contribution >= 0.6 is 49.0 Å². The summed E-state index contributed by atoms with van der Waals surface area (Å²) >= 11 is 1.93. The minimum absolute atomic E-state index is 0. The number of nitrogens with two attached hydrogens (primary N) is 2. The molecule has 2 fully saturated rings. The highest BCUT2D eigenvalue weighted by molar-refractivity contribution is 7.99. The van der Waals surface area contributed by atoms with Gasteiger partial charge in [-0.1, -0.05) is 11.8 Å². The Morgan fingerprint density at radius 3 is 1.71 bits per heavy atom. The third-order valence-corrected chi connectivity index (χ3v) is 8.02. The first-order valence-electron chi connectivity index (χ1n) is 12.1. The molecular formula is C25H39Cl3N6S. The molecule has 4 N–H and O–H groups in total. The highest BCUT2D eigenvalue weighted by atomic mass is 35.5. The van der Waals surface area contributed by atoms with E-state index in [1.165, 1.54) is 58.5 Å². The van der Waals surface area contributed by atoms with Crippen LogP contribution in [0, 0.1) is 0 Å². The van der Waals surface area contributed by atoms with Crippen LogP contribution < -0.4 is 26.2 Å². The molecule has 0 aromatic heterocycles. The summed E-state index contributed by atoms with van der Waals surface area (Å²) in [5.74, 6) is 0. The van der Waals surface area contributed by atoms with Gasteiger partial charge in [-0.3, -0.25) is 4.90 Å². The van der Waals surface area contributed by atoms with E-state index in [0.717, 1.165) is 52.2 Å². The minimum atomic E-state index is 0. The summed E-state index contributed by atoms with van der Waals surface area (Å²) in [6.45, 7) is 10.1. The third-order valence-electron chi connectivity index (χ3n) is 6.93. The molecule has 0 bridgehead atoms. The number of halogens is 3. The molecule has 0 radical (unpaired) electrons. The van der Waals surface area contributed by atoms with Crippen LogP contribution in [-0.2, 0) is 0 Å². The predicted molar refractivity (Wildman–Crippen MR) is 159 cm³/mol. The Kier molecular flexibility index (Phi) is 12.1. The zero-order valence-corrected chi connectivity index (χ0v) is 23.5. The maximum atomic E-state index is 5.89. The highest BCUT2D eigenvalue weighted by Gasteiger charge is 2.26. The minimum Gasteiger partial charge on any atom is -0.372 e. The first kappa shape index (κ1) is 30.2. The van der Waals surface area contributed by atoms with Crippen molar-refractivity contribution in [1.29, 1.82) is 0 Å². The molecule has 0 atom stereocenters. The molecule has 3 heterocycles. The Bertz CT molecular complexity index is 935. The van der Waals surface area contributed by atoms with Crippen molar-refractivity contribution in [2.24, 2.45) is 11.5 Å². The quantitative estimate of drug-likeness (QED) is 0.513. The molecule has 0 unspecified atom stereocenters. The maximum absolute atomic E-state index is 5.89. The van der Waals surface area contributed by atoms with Crippen LogP contribution in [0.3, 0.4) is 0 Å². The Morgan fingerprint density at radius 1 is 0.657 bits per heavy atom. The summed E-state index contributed by atoms with van der Waals surface area (Å²) in [4.78, 5) is 12.7. The molecule has 10 heteroatoms. The Labute approximate surface area is 233 Å². The van der Waals surface area contributed by atoms with Gasteiger partial charge in [0.05, 0.1) is 11.4 Å². The third kappa shape index (κ3) is 6.63. The van der Waals surface area contributed by atoms with Crippen molar-refractivity contribution in [2.75, 3.05) is 80.1 Å². The van der Waals surface area contributed by atoms with Crippen LogP contribution in [0.5, 0.6) is 0 Å². The number of hydrogen-bond acceptors (Lipinski definition) is 7. The first-order valence-corrected chi connectivity index (χ1v) is 12.9. The number of hydrogen-bond donors (Lipinski definition) is 2. The number of anilines is 4. The topological polar surface area (TPSA) is 65.0 Å². The average molecular weight is 562 g/mol. The molecule has 196 valence electrons. The second-order valence-corrected chi connectivity index (χ2v) is 10.1. The normalized spacial score (nSPS) is 17.1. The lowest BCUT2D eigenvalue weighted by atomic mass is 10.1. The molecule has 2 aromatic rings. The van der Waals surface area contributed by atoms with Crippen molar-refractivity contribution in [3.8, 4) is 0 Å². The van der Waals surface area contributed by atoms with Gasteiger partial charge in [0.15, 0.2) is 0 Å². The van der Waals surface area contributed by atoms with Gasteiger partial charge in [-0.05, 0) is 62.2 Å². The largest absolute Gasteiger partial charge is 0.372 e. The molecule has 35 heavy (non-hydrogen) atoms. The van der Waals surface area contributed by atoms with Crippen LogP contribution in [0.15, 0.2) is 46.2 Å². The Hall–Kier alpha value is -1.06. The van der Waals surface area contributed by atoms with E-state index >= 15 is 0 Å². The van der Waals surface area contributed by atoms with Crippen molar-refractivity contribution in [2.45, 2.75) is 29.1 Å². The Balaban J connectivity index is 0.00000144. The molecule has 2 saturated heterocycles. The number of fused-ring (bicyclic) bond motifs is 2. The lowest BCUT2D eigenvalue weighted by Crippen LogP contribution is -2.47. The molecule has 0 amide bonds. The second-order valence-electron chi connectivity index (χ2n) is 9.01. The van der Waals surface area contributed by atoms with Crippen molar-refractivity contribution in [1.82, 2.24) is 4.90 Å². The summed E-state index contributed by atoms with van der Waals surface area (Å²) < 4.78 is 0. The first-order chi connectivity index (χ1) is 15.8. The van der Waals surface area contributed by atoms with Gasteiger partial charge in [0, 0.05) is 80.1 Å². The average Bonchev–Trinajstić information content (AvgIpc) is 3.37. The van der Waals surface area contributed by atoms with Gasteiger partial charge in [-0.25, -0.2) is 0 Å². The van der Waals surface area contributed by atoms with Crippen LogP contribution in [-0.4, -0.2) is 70.3 Å². The fraction of sp³-hybridized carbons (Fsp3) is 0.520. The van der Waals surface area contributed by atoms with Gasteiger partial charge in [0.2, 0.25) is 0 Å². The van der Waals surface area contributed by atoms with Crippen molar-refractivity contribution < 1.29 is 0 Å². The van der Waals surface area contributed by atoms with Gasteiger partial charge in [0.25, 0.3) is 0 Å². The van der Waals surface area contributed by atoms with Gasteiger partial charge < -0.3 is 26.2 Å². The van der Waals surface area contributed by atoms with Crippen LogP contribution in [0.4, 0.5) is 22.7 Å².